The van der Waals surface area contributed by atoms with Gasteiger partial charge in [0, 0.05) is 25.7 Å². The van der Waals surface area contributed by atoms with Crippen molar-refractivity contribution in [2.24, 2.45) is 0 Å². The molecule has 0 amide bonds. The third-order valence-electron chi connectivity index (χ3n) is 7.16. The van der Waals surface area contributed by atoms with Crippen molar-refractivity contribution in [2.45, 2.75) is 37.8 Å². The van der Waals surface area contributed by atoms with E-state index in [9.17, 15) is 9.90 Å². The number of aryl methyl sites for hydroxylation is 1. The van der Waals surface area contributed by atoms with E-state index >= 15 is 0 Å². The highest BCUT2D eigenvalue weighted by atomic mass is 16.5. The van der Waals surface area contributed by atoms with Crippen LogP contribution in [0.4, 0.5) is 0 Å². The molecule has 2 atom stereocenters. The van der Waals surface area contributed by atoms with E-state index in [0.29, 0.717) is 24.5 Å². The van der Waals surface area contributed by atoms with Gasteiger partial charge in [-0.2, -0.15) is 0 Å². The first-order valence-electron chi connectivity index (χ1n) is 12.8. The fourth-order valence-corrected chi connectivity index (χ4v) is 5.22. The molecule has 2 aromatic carbocycles. The van der Waals surface area contributed by atoms with Gasteiger partial charge >= 0.3 is 5.97 Å². The number of carboxylic acids is 1. The van der Waals surface area contributed by atoms with Crippen LogP contribution in [0.25, 0.3) is 0 Å². The minimum absolute atomic E-state index is 0.0236. The molecule has 0 bridgehead atoms. The normalized spacial score (nSPS) is 19.7. The Hall–Kier alpha value is -2.81. The lowest BCUT2D eigenvalue weighted by atomic mass is 9.96. The summed E-state index contributed by atoms with van der Waals surface area (Å²) < 4.78 is 22.4. The number of rotatable bonds is 12. The van der Waals surface area contributed by atoms with Crippen molar-refractivity contribution < 1.29 is 28.8 Å². The molecule has 2 heterocycles. The Balaban J connectivity index is 1.48. The Morgan fingerprint density at radius 1 is 1.08 bits per heavy atom. The Labute approximate surface area is 213 Å². The SMILES string of the molecule is COc1ccc(CC[C@H](c2cccc(OCCN3CCOCC3)c2)N2CCC[C@H]2C(=O)O)cc1OC. The minimum Gasteiger partial charge on any atom is -0.493 e. The third kappa shape index (κ3) is 6.69. The average Bonchev–Trinajstić information content (AvgIpc) is 3.40. The van der Waals surface area contributed by atoms with Crippen LogP contribution in [-0.4, -0.2) is 87.1 Å². The van der Waals surface area contributed by atoms with Crippen LogP contribution in [0.2, 0.25) is 0 Å². The molecule has 2 aliphatic rings. The highest BCUT2D eigenvalue weighted by Crippen LogP contribution is 2.35. The molecule has 8 nitrogen and oxygen atoms in total. The van der Waals surface area contributed by atoms with Crippen LogP contribution in [0.1, 0.15) is 36.4 Å². The number of carboxylic acid groups (broad SMARTS) is 1. The van der Waals surface area contributed by atoms with Crippen molar-refractivity contribution in [3.8, 4) is 17.2 Å². The van der Waals surface area contributed by atoms with Gasteiger partial charge in [0.2, 0.25) is 0 Å². The first kappa shape index (κ1) is 26.3. The fourth-order valence-electron chi connectivity index (χ4n) is 5.22. The summed E-state index contributed by atoms with van der Waals surface area (Å²) in [6.07, 6.45) is 3.14. The van der Waals surface area contributed by atoms with Crippen LogP contribution in [0.15, 0.2) is 42.5 Å². The molecule has 0 unspecified atom stereocenters. The monoisotopic (exact) mass is 498 g/mol. The topological polar surface area (TPSA) is 80.7 Å². The Bertz CT molecular complexity index is 994. The van der Waals surface area contributed by atoms with E-state index in [1.54, 1.807) is 14.2 Å². The molecular formula is C28H38N2O6. The maximum Gasteiger partial charge on any atom is 0.320 e. The van der Waals surface area contributed by atoms with Gasteiger partial charge in [0.25, 0.3) is 0 Å². The summed E-state index contributed by atoms with van der Waals surface area (Å²) in [5.74, 6) is 1.47. The average molecular weight is 499 g/mol. The standard InChI is InChI=1S/C28H38N2O6/c1-33-26-11-9-21(19-27(26)34-2)8-10-24(30-12-4-7-25(30)28(31)32)22-5-3-6-23(20-22)36-18-15-29-13-16-35-17-14-29/h3,5-6,9,11,19-20,24-25H,4,7-8,10,12-18H2,1-2H3,(H,31,32)/t24-,25+/m1/s1. The second-order valence-corrected chi connectivity index (χ2v) is 9.35. The summed E-state index contributed by atoms with van der Waals surface area (Å²) in [5, 5.41) is 9.87. The predicted octanol–water partition coefficient (Wildman–Crippen LogP) is 3.64. The molecule has 0 aliphatic carbocycles. The van der Waals surface area contributed by atoms with Gasteiger partial charge in [-0.1, -0.05) is 18.2 Å². The van der Waals surface area contributed by atoms with Gasteiger partial charge in [-0.15, -0.1) is 0 Å². The van der Waals surface area contributed by atoms with Gasteiger partial charge in [-0.3, -0.25) is 14.6 Å². The van der Waals surface area contributed by atoms with Crippen LogP contribution in [0, 0.1) is 0 Å². The summed E-state index contributed by atoms with van der Waals surface area (Å²) in [6.45, 7) is 5.68. The van der Waals surface area contributed by atoms with Crippen molar-refractivity contribution in [2.75, 3.05) is 60.2 Å². The van der Waals surface area contributed by atoms with Crippen LogP contribution in [0.3, 0.4) is 0 Å². The first-order chi connectivity index (χ1) is 17.6. The highest BCUT2D eigenvalue weighted by molar-refractivity contribution is 5.74. The molecular weight excluding hydrogens is 460 g/mol. The van der Waals surface area contributed by atoms with Gasteiger partial charge in [-0.25, -0.2) is 0 Å². The van der Waals surface area contributed by atoms with Crippen LogP contribution in [-0.2, 0) is 16.0 Å². The zero-order valence-corrected chi connectivity index (χ0v) is 21.4. The highest BCUT2D eigenvalue weighted by Gasteiger charge is 2.36. The van der Waals surface area contributed by atoms with Crippen LogP contribution < -0.4 is 14.2 Å². The van der Waals surface area contributed by atoms with Crippen LogP contribution >= 0.6 is 0 Å². The summed E-state index contributed by atoms with van der Waals surface area (Å²) in [4.78, 5) is 16.5. The van der Waals surface area contributed by atoms with Gasteiger partial charge in [0.1, 0.15) is 18.4 Å². The summed E-state index contributed by atoms with van der Waals surface area (Å²) >= 11 is 0. The smallest absolute Gasteiger partial charge is 0.320 e. The number of nitrogens with zero attached hydrogens (tertiary/aromatic N) is 2. The Kier molecular flexibility index (Phi) is 9.44. The predicted molar refractivity (Wildman–Crippen MR) is 137 cm³/mol. The lowest BCUT2D eigenvalue weighted by molar-refractivity contribution is -0.143. The number of morpholine rings is 1. The summed E-state index contributed by atoms with van der Waals surface area (Å²) in [7, 11) is 3.26. The maximum atomic E-state index is 12.0. The summed E-state index contributed by atoms with van der Waals surface area (Å²) in [5.41, 5.74) is 2.22. The third-order valence-corrected chi connectivity index (χ3v) is 7.16. The van der Waals surface area contributed by atoms with Crippen molar-refractivity contribution in [1.82, 2.24) is 9.80 Å². The number of hydrogen-bond acceptors (Lipinski definition) is 7. The van der Waals surface area contributed by atoms with Crippen LogP contribution in [0.5, 0.6) is 17.2 Å². The quantitative estimate of drug-likeness (QED) is 0.475. The molecule has 2 fully saturated rings. The molecule has 0 spiro atoms. The number of likely N-dealkylation sites (tertiary alicyclic amines) is 1. The maximum absolute atomic E-state index is 12.0. The molecule has 196 valence electrons. The van der Waals surface area contributed by atoms with Gasteiger partial charge in [-0.05, 0) is 67.6 Å². The van der Waals surface area contributed by atoms with E-state index in [-0.39, 0.29) is 6.04 Å². The van der Waals surface area contributed by atoms with E-state index < -0.39 is 12.0 Å². The van der Waals surface area contributed by atoms with Gasteiger partial charge in [0.05, 0.1) is 27.4 Å². The van der Waals surface area contributed by atoms with E-state index in [1.165, 1.54) is 0 Å². The number of aliphatic carboxylic acids is 1. The Morgan fingerprint density at radius 2 is 1.89 bits per heavy atom. The number of benzene rings is 2. The molecule has 0 aromatic heterocycles. The number of ether oxygens (including phenoxy) is 4. The molecule has 2 aromatic rings. The molecule has 1 N–H and O–H groups in total. The van der Waals surface area contributed by atoms with E-state index in [0.717, 1.165) is 75.5 Å². The zero-order valence-electron chi connectivity index (χ0n) is 21.4. The van der Waals surface area contributed by atoms with E-state index in [4.69, 9.17) is 18.9 Å². The molecule has 2 saturated heterocycles. The number of methoxy groups -OCH3 is 2. The molecule has 2 aliphatic heterocycles. The minimum atomic E-state index is -0.749. The van der Waals surface area contributed by atoms with Crippen molar-refractivity contribution >= 4 is 5.97 Å². The molecule has 4 rings (SSSR count). The second kappa shape index (κ2) is 12.9. The number of hydrogen-bond donors (Lipinski definition) is 1. The summed E-state index contributed by atoms with van der Waals surface area (Å²) in [6, 6.07) is 13.6. The fraction of sp³-hybridized carbons (Fsp3) is 0.536. The van der Waals surface area contributed by atoms with Gasteiger partial charge in [0.15, 0.2) is 11.5 Å². The van der Waals surface area contributed by atoms with Gasteiger partial charge < -0.3 is 24.1 Å². The largest absolute Gasteiger partial charge is 0.493 e. The van der Waals surface area contributed by atoms with E-state index in [2.05, 4.69) is 21.9 Å². The van der Waals surface area contributed by atoms with Crippen molar-refractivity contribution in [1.29, 1.82) is 0 Å². The Morgan fingerprint density at radius 3 is 2.64 bits per heavy atom. The van der Waals surface area contributed by atoms with Crippen molar-refractivity contribution in [3.05, 3.63) is 53.6 Å². The second-order valence-electron chi connectivity index (χ2n) is 9.35. The van der Waals surface area contributed by atoms with Crippen molar-refractivity contribution in [3.63, 3.8) is 0 Å². The molecule has 8 heteroatoms. The lowest BCUT2D eigenvalue weighted by Gasteiger charge is -2.32. The molecule has 0 saturated carbocycles. The first-order valence-corrected chi connectivity index (χ1v) is 12.8. The van der Waals surface area contributed by atoms with E-state index in [1.807, 2.05) is 30.3 Å². The lowest BCUT2D eigenvalue weighted by Crippen LogP contribution is -2.39. The molecule has 0 radical (unpaired) electrons. The molecule has 36 heavy (non-hydrogen) atoms. The number of carbonyl (C=O) groups is 1. The zero-order chi connectivity index (χ0) is 25.3.